The first-order valence-electron chi connectivity index (χ1n) is 9.85. The number of nitrogens with zero attached hydrogens (tertiary/aromatic N) is 3. The van der Waals surface area contributed by atoms with E-state index in [4.69, 9.17) is 13.7 Å². The van der Waals surface area contributed by atoms with Gasteiger partial charge in [0.15, 0.2) is 5.58 Å². The van der Waals surface area contributed by atoms with E-state index in [9.17, 15) is 4.79 Å². The summed E-state index contributed by atoms with van der Waals surface area (Å²) in [6.07, 6.45) is 3.20. The fourth-order valence-electron chi connectivity index (χ4n) is 3.32. The molecule has 0 atom stereocenters. The maximum Gasteiger partial charge on any atom is 0.255 e. The summed E-state index contributed by atoms with van der Waals surface area (Å²) in [6, 6.07) is 16.1. The number of carbonyl (C=O) groups excluding carboxylic acids is 1. The number of carbonyl (C=O) groups is 1. The third kappa shape index (κ3) is 3.58. The van der Waals surface area contributed by atoms with Crippen LogP contribution in [0.4, 0.5) is 5.69 Å². The molecule has 1 amide bonds. The Morgan fingerprint density at radius 1 is 1.09 bits per heavy atom. The Kier molecular flexibility index (Phi) is 4.87. The minimum absolute atomic E-state index is 0.255. The molecule has 1 N–H and O–H groups in total. The minimum Gasteiger partial charge on any atom is -0.497 e. The lowest BCUT2D eigenvalue weighted by molar-refractivity contribution is 0.102. The molecule has 0 bridgehead atoms. The summed E-state index contributed by atoms with van der Waals surface area (Å²) in [7, 11) is 1.61. The van der Waals surface area contributed by atoms with Crippen LogP contribution in [0.2, 0.25) is 0 Å². The number of amides is 1. The predicted octanol–water partition coefficient (Wildman–Crippen LogP) is 5.11. The van der Waals surface area contributed by atoms with E-state index in [1.54, 1.807) is 43.6 Å². The Bertz CT molecular complexity index is 1420. The van der Waals surface area contributed by atoms with Crippen molar-refractivity contribution in [3.8, 4) is 28.6 Å². The van der Waals surface area contributed by atoms with Crippen molar-refractivity contribution in [2.24, 2.45) is 0 Å². The minimum atomic E-state index is -0.255. The molecular formula is C24H18N4O4. The number of benzene rings is 2. The van der Waals surface area contributed by atoms with Crippen LogP contribution in [0, 0.1) is 6.92 Å². The fraction of sp³-hybridized carbons (Fsp3) is 0.0833. The van der Waals surface area contributed by atoms with Gasteiger partial charge in [-0.1, -0.05) is 5.16 Å². The summed E-state index contributed by atoms with van der Waals surface area (Å²) in [6.45, 7) is 1.84. The van der Waals surface area contributed by atoms with Crippen molar-refractivity contribution in [3.05, 3.63) is 78.3 Å². The van der Waals surface area contributed by atoms with Crippen molar-refractivity contribution in [1.29, 1.82) is 0 Å². The highest BCUT2D eigenvalue weighted by molar-refractivity contribution is 6.07. The van der Waals surface area contributed by atoms with E-state index < -0.39 is 0 Å². The molecule has 0 radical (unpaired) electrons. The van der Waals surface area contributed by atoms with Gasteiger partial charge in [-0.25, -0.2) is 4.98 Å². The molecule has 32 heavy (non-hydrogen) atoms. The summed E-state index contributed by atoms with van der Waals surface area (Å²) < 4.78 is 16.3. The molecule has 8 heteroatoms. The number of methoxy groups -OCH3 is 1. The van der Waals surface area contributed by atoms with E-state index >= 15 is 0 Å². The van der Waals surface area contributed by atoms with Crippen LogP contribution in [0.1, 0.15) is 16.1 Å². The molecule has 0 saturated carbocycles. The Morgan fingerprint density at radius 2 is 1.94 bits per heavy atom. The number of hydrogen-bond acceptors (Lipinski definition) is 7. The molecule has 8 nitrogen and oxygen atoms in total. The molecule has 0 aliphatic heterocycles. The Labute approximate surface area is 182 Å². The number of aromatic nitrogens is 3. The average Bonchev–Trinajstić information content (AvgIpc) is 3.47. The lowest BCUT2D eigenvalue weighted by Crippen LogP contribution is -2.13. The van der Waals surface area contributed by atoms with E-state index in [2.05, 4.69) is 20.4 Å². The SMILES string of the molecule is COc1ccc(-c2nc(-c3noc4ccc(C(=O)Nc5cccnc5C)cc34)co2)cc1. The van der Waals surface area contributed by atoms with Gasteiger partial charge < -0.3 is 19.0 Å². The Balaban J connectivity index is 1.46. The predicted molar refractivity (Wildman–Crippen MR) is 118 cm³/mol. The monoisotopic (exact) mass is 426 g/mol. The second-order valence-corrected chi connectivity index (χ2v) is 7.10. The quantitative estimate of drug-likeness (QED) is 0.416. The van der Waals surface area contributed by atoms with Gasteiger partial charge in [-0.2, -0.15) is 0 Å². The van der Waals surface area contributed by atoms with Crippen molar-refractivity contribution in [2.45, 2.75) is 6.92 Å². The van der Waals surface area contributed by atoms with Gasteiger partial charge in [-0.05, 0) is 61.5 Å². The van der Waals surface area contributed by atoms with E-state index in [1.807, 2.05) is 31.2 Å². The zero-order valence-corrected chi connectivity index (χ0v) is 17.3. The number of fused-ring (bicyclic) bond motifs is 1. The number of oxazole rings is 1. The second kappa shape index (κ2) is 7.99. The summed E-state index contributed by atoms with van der Waals surface area (Å²) >= 11 is 0. The zero-order chi connectivity index (χ0) is 22.1. The highest BCUT2D eigenvalue weighted by Gasteiger charge is 2.18. The smallest absolute Gasteiger partial charge is 0.255 e. The van der Waals surface area contributed by atoms with E-state index in [1.165, 1.54) is 6.26 Å². The van der Waals surface area contributed by atoms with Crippen molar-refractivity contribution in [1.82, 2.24) is 15.1 Å². The normalized spacial score (nSPS) is 10.9. The van der Waals surface area contributed by atoms with Gasteiger partial charge in [0.05, 0.1) is 23.9 Å². The van der Waals surface area contributed by atoms with Crippen LogP contribution in [0.3, 0.4) is 0 Å². The number of anilines is 1. The van der Waals surface area contributed by atoms with Gasteiger partial charge >= 0.3 is 0 Å². The Morgan fingerprint density at radius 3 is 2.72 bits per heavy atom. The lowest BCUT2D eigenvalue weighted by Gasteiger charge is -2.07. The first kappa shape index (κ1) is 19.5. The summed E-state index contributed by atoms with van der Waals surface area (Å²) in [5.74, 6) is 0.935. The number of pyridine rings is 1. The highest BCUT2D eigenvalue weighted by Crippen LogP contribution is 2.31. The van der Waals surface area contributed by atoms with Crippen molar-refractivity contribution in [3.63, 3.8) is 0 Å². The van der Waals surface area contributed by atoms with Gasteiger partial charge in [0.2, 0.25) is 5.89 Å². The zero-order valence-electron chi connectivity index (χ0n) is 17.3. The molecule has 0 aliphatic carbocycles. The van der Waals surface area contributed by atoms with Crippen LogP contribution in [-0.2, 0) is 0 Å². The van der Waals surface area contributed by atoms with Crippen molar-refractivity contribution in [2.75, 3.05) is 12.4 Å². The van der Waals surface area contributed by atoms with Crippen LogP contribution in [-0.4, -0.2) is 28.1 Å². The first-order chi connectivity index (χ1) is 15.6. The summed E-state index contributed by atoms with van der Waals surface area (Å²) in [5, 5.41) is 7.68. The molecule has 5 aromatic rings. The lowest BCUT2D eigenvalue weighted by atomic mass is 10.1. The standard InChI is InChI=1S/C24H18N4O4/c1-14-19(4-3-11-25-14)26-23(29)16-7-10-21-18(12-16)22(28-32-21)20-13-31-24(27-20)15-5-8-17(30-2)9-6-15/h3-13H,1-2H3,(H,26,29). The summed E-state index contributed by atoms with van der Waals surface area (Å²) in [4.78, 5) is 21.5. The number of hydrogen-bond donors (Lipinski definition) is 1. The maximum absolute atomic E-state index is 12.8. The molecule has 5 rings (SSSR count). The molecule has 0 saturated heterocycles. The number of ether oxygens (including phenoxy) is 1. The third-order valence-corrected chi connectivity index (χ3v) is 5.07. The number of aryl methyl sites for hydroxylation is 1. The topological polar surface area (TPSA) is 103 Å². The third-order valence-electron chi connectivity index (χ3n) is 5.07. The van der Waals surface area contributed by atoms with Gasteiger partial charge in [0.1, 0.15) is 23.4 Å². The van der Waals surface area contributed by atoms with Crippen molar-refractivity contribution < 1.29 is 18.5 Å². The average molecular weight is 426 g/mol. The molecule has 0 unspecified atom stereocenters. The van der Waals surface area contributed by atoms with Gasteiger partial charge in [-0.15, -0.1) is 0 Å². The molecule has 3 heterocycles. The van der Waals surface area contributed by atoms with Gasteiger partial charge in [-0.3, -0.25) is 9.78 Å². The Hall–Kier alpha value is -4.46. The second-order valence-electron chi connectivity index (χ2n) is 7.10. The van der Waals surface area contributed by atoms with Gasteiger partial charge in [0, 0.05) is 17.3 Å². The molecule has 0 aliphatic rings. The van der Waals surface area contributed by atoms with Crippen LogP contribution in [0.5, 0.6) is 5.75 Å². The van der Waals surface area contributed by atoms with E-state index in [0.717, 1.165) is 17.0 Å². The van der Waals surface area contributed by atoms with E-state index in [-0.39, 0.29) is 5.91 Å². The van der Waals surface area contributed by atoms with Crippen LogP contribution < -0.4 is 10.1 Å². The molecule has 2 aromatic carbocycles. The molecule has 0 spiro atoms. The molecule has 3 aromatic heterocycles. The van der Waals surface area contributed by atoms with Crippen molar-refractivity contribution >= 4 is 22.6 Å². The summed E-state index contributed by atoms with van der Waals surface area (Å²) in [5.41, 5.74) is 4.21. The van der Waals surface area contributed by atoms with Gasteiger partial charge in [0.25, 0.3) is 5.91 Å². The number of rotatable bonds is 5. The maximum atomic E-state index is 12.8. The van der Waals surface area contributed by atoms with E-state index in [0.29, 0.717) is 39.5 Å². The largest absolute Gasteiger partial charge is 0.497 e. The molecule has 0 fully saturated rings. The van der Waals surface area contributed by atoms with Crippen LogP contribution in [0.15, 0.2) is 76.0 Å². The van der Waals surface area contributed by atoms with Crippen LogP contribution in [0.25, 0.3) is 33.8 Å². The molecular weight excluding hydrogens is 408 g/mol. The first-order valence-corrected chi connectivity index (χ1v) is 9.85. The fourth-order valence-corrected chi connectivity index (χ4v) is 3.32. The highest BCUT2D eigenvalue weighted by atomic mass is 16.5. The number of nitrogens with one attached hydrogen (secondary N) is 1. The molecule has 158 valence electrons. The van der Waals surface area contributed by atoms with Crippen LogP contribution >= 0.6 is 0 Å².